The minimum atomic E-state index is -5.08. The molecule has 2 aromatic rings. The molecule has 23 heavy (non-hydrogen) atoms. The Morgan fingerprint density at radius 1 is 0.957 bits per heavy atom. The number of rotatable bonds is 5. The van der Waals surface area contributed by atoms with Gasteiger partial charge in [-0.25, -0.2) is 0 Å². The van der Waals surface area contributed by atoms with Crippen LogP contribution in [0.5, 0.6) is 11.5 Å². The van der Waals surface area contributed by atoms with Crippen LogP contribution in [0.3, 0.4) is 0 Å². The fourth-order valence-corrected chi connectivity index (χ4v) is 2.07. The number of carbonyl (C=O) groups is 1. The molecule has 0 unspecified atom stereocenters. The smallest absolute Gasteiger partial charge is 0.493 e. The summed E-state index contributed by atoms with van der Waals surface area (Å²) in [5.74, 6) is 0.194. The molecule has 0 aliphatic carbocycles. The summed E-state index contributed by atoms with van der Waals surface area (Å²) in [7, 11) is 2.83. The van der Waals surface area contributed by atoms with Crippen molar-refractivity contribution in [2.24, 2.45) is 0 Å². The first-order valence-electron chi connectivity index (χ1n) is 6.44. The monoisotopic (exact) mass is 348 g/mol. The third kappa shape index (κ3) is 4.60. The van der Waals surface area contributed by atoms with Crippen LogP contribution in [0.1, 0.15) is 15.9 Å². The van der Waals surface area contributed by atoms with Crippen LogP contribution in [0.25, 0.3) is 0 Å². The Bertz CT molecular complexity index is 687. The summed E-state index contributed by atoms with van der Waals surface area (Å²) in [6.45, 7) is -5.08. The minimum Gasteiger partial charge on any atom is -0.493 e. The summed E-state index contributed by atoms with van der Waals surface area (Å²) in [5, 5.41) is 0. The van der Waals surface area contributed by atoms with Gasteiger partial charge in [0.2, 0.25) is 0 Å². The zero-order chi connectivity index (χ0) is 16.3. The number of hydrogen-bond donors (Lipinski definition) is 0. The fraction of sp³-hybridized carbons (Fsp3) is 0.133. The van der Waals surface area contributed by atoms with Gasteiger partial charge in [-0.3, -0.25) is 4.79 Å². The molecular formula is C15H13BF3KO3. The molecule has 2 rings (SSSR count). The molecule has 0 heterocycles. The van der Waals surface area contributed by atoms with Gasteiger partial charge in [0.05, 0.1) is 19.8 Å². The third-order valence-electron chi connectivity index (χ3n) is 3.20. The molecule has 0 N–H and O–H groups in total. The Morgan fingerprint density at radius 2 is 1.57 bits per heavy atom. The van der Waals surface area contributed by atoms with Crippen molar-refractivity contribution in [3.8, 4) is 11.5 Å². The molecule has 0 aliphatic heterocycles. The number of para-hydroxylation sites is 1. The molecule has 3 nitrogen and oxygen atoms in total. The van der Waals surface area contributed by atoms with Crippen molar-refractivity contribution in [1.29, 1.82) is 0 Å². The van der Waals surface area contributed by atoms with E-state index in [0.717, 1.165) is 24.3 Å². The van der Waals surface area contributed by atoms with E-state index in [-0.39, 0.29) is 68.3 Å². The van der Waals surface area contributed by atoms with Crippen LogP contribution in [-0.2, 0) is 0 Å². The molecule has 2 aromatic carbocycles. The molecule has 0 spiro atoms. The number of ketones is 1. The average Bonchev–Trinajstić information content (AvgIpc) is 2.52. The van der Waals surface area contributed by atoms with Crippen LogP contribution in [0, 0.1) is 0 Å². The van der Waals surface area contributed by atoms with E-state index in [0.29, 0.717) is 5.75 Å². The topological polar surface area (TPSA) is 35.5 Å². The van der Waals surface area contributed by atoms with E-state index in [1.165, 1.54) is 20.3 Å². The summed E-state index contributed by atoms with van der Waals surface area (Å²) in [5.41, 5.74) is -0.364. The van der Waals surface area contributed by atoms with E-state index in [9.17, 15) is 17.7 Å². The molecule has 0 aliphatic rings. The molecule has 0 aromatic heterocycles. The van der Waals surface area contributed by atoms with Crippen LogP contribution in [0.15, 0.2) is 42.5 Å². The van der Waals surface area contributed by atoms with E-state index < -0.39 is 18.2 Å². The van der Waals surface area contributed by atoms with Crippen molar-refractivity contribution < 1.29 is 78.6 Å². The van der Waals surface area contributed by atoms with Gasteiger partial charge in [-0.15, -0.1) is 5.46 Å². The summed E-state index contributed by atoms with van der Waals surface area (Å²) in [4.78, 5) is 12.4. The summed E-state index contributed by atoms with van der Waals surface area (Å²) in [6, 6.07) is 8.90. The van der Waals surface area contributed by atoms with Gasteiger partial charge >= 0.3 is 58.4 Å². The first kappa shape index (κ1) is 20.2. The Balaban J connectivity index is 0.00000264. The zero-order valence-corrected chi connectivity index (χ0v) is 16.1. The van der Waals surface area contributed by atoms with Crippen molar-refractivity contribution in [1.82, 2.24) is 0 Å². The average molecular weight is 348 g/mol. The summed E-state index contributed by atoms with van der Waals surface area (Å²) < 4.78 is 48.1. The second-order valence-electron chi connectivity index (χ2n) is 4.57. The maximum Gasteiger partial charge on any atom is 1.00 e. The van der Waals surface area contributed by atoms with Crippen LogP contribution >= 0.6 is 0 Å². The molecule has 8 heteroatoms. The van der Waals surface area contributed by atoms with Crippen molar-refractivity contribution in [2.45, 2.75) is 0 Å². The van der Waals surface area contributed by atoms with E-state index in [4.69, 9.17) is 9.47 Å². The number of ether oxygens (including phenoxy) is 2. The SMILES string of the molecule is COc1cccc(C(=O)c2ccc([B-](F)(F)F)cc2)c1OC.[K+]. The van der Waals surface area contributed by atoms with Gasteiger partial charge in [-0.2, -0.15) is 0 Å². The number of hydrogen-bond acceptors (Lipinski definition) is 3. The molecule has 116 valence electrons. The largest absolute Gasteiger partial charge is 1.00 e. The normalized spacial score (nSPS) is 10.7. The Morgan fingerprint density at radius 3 is 2.04 bits per heavy atom. The van der Waals surface area contributed by atoms with E-state index in [2.05, 4.69) is 0 Å². The molecule has 0 amide bonds. The molecule has 0 atom stereocenters. The van der Waals surface area contributed by atoms with Crippen molar-refractivity contribution >= 4 is 18.2 Å². The van der Waals surface area contributed by atoms with Gasteiger partial charge in [0.25, 0.3) is 0 Å². The third-order valence-corrected chi connectivity index (χ3v) is 3.20. The van der Waals surface area contributed by atoms with Gasteiger partial charge in [0, 0.05) is 5.56 Å². The molecular weight excluding hydrogens is 335 g/mol. The van der Waals surface area contributed by atoms with E-state index in [1.807, 2.05) is 0 Å². The Kier molecular flexibility index (Phi) is 7.35. The van der Waals surface area contributed by atoms with Crippen LogP contribution in [-0.4, -0.2) is 27.0 Å². The van der Waals surface area contributed by atoms with Crippen LogP contribution < -0.4 is 66.3 Å². The zero-order valence-electron chi connectivity index (χ0n) is 13.0. The number of halogens is 3. The van der Waals surface area contributed by atoms with E-state index >= 15 is 0 Å². The number of carbonyl (C=O) groups excluding carboxylic acids is 1. The molecule has 0 bridgehead atoms. The molecule has 0 saturated carbocycles. The van der Waals surface area contributed by atoms with Crippen molar-refractivity contribution in [2.75, 3.05) is 14.2 Å². The van der Waals surface area contributed by atoms with Gasteiger partial charge in [-0.05, 0) is 12.1 Å². The Hall–Kier alpha value is -0.799. The maximum absolute atomic E-state index is 12.6. The van der Waals surface area contributed by atoms with Crippen molar-refractivity contribution in [3.05, 3.63) is 53.6 Å². The Labute approximate surface area is 174 Å². The van der Waals surface area contributed by atoms with Gasteiger partial charge < -0.3 is 22.4 Å². The quantitative estimate of drug-likeness (QED) is 0.564. The maximum atomic E-state index is 12.6. The van der Waals surface area contributed by atoms with Crippen LogP contribution in [0.2, 0.25) is 0 Å². The molecule has 0 fully saturated rings. The van der Waals surface area contributed by atoms with Gasteiger partial charge in [0.15, 0.2) is 17.3 Å². The second kappa shape index (κ2) is 8.34. The first-order chi connectivity index (χ1) is 10.4. The summed E-state index contributed by atoms with van der Waals surface area (Å²) >= 11 is 0. The van der Waals surface area contributed by atoms with E-state index in [1.54, 1.807) is 12.1 Å². The number of benzene rings is 2. The molecule has 0 saturated heterocycles. The molecule has 0 radical (unpaired) electrons. The fourth-order valence-electron chi connectivity index (χ4n) is 2.07. The number of methoxy groups -OCH3 is 2. The van der Waals surface area contributed by atoms with Crippen LogP contribution in [0.4, 0.5) is 12.9 Å². The van der Waals surface area contributed by atoms with Gasteiger partial charge in [0.1, 0.15) is 0 Å². The van der Waals surface area contributed by atoms with Crippen molar-refractivity contribution in [3.63, 3.8) is 0 Å². The second-order valence-corrected chi connectivity index (χ2v) is 4.57. The predicted molar refractivity (Wildman–Crippen MR) is 78.1 cm³/mol. The minimum absolute atomic E-state index is 0. The predicted octanol–water partition coefficient (Wildman–Crippen LogP) is -0.00680. The summed E-state index contributed by atoms with van der Waals surface area (Å²) in [6.07, 6.45) is 0. The standard InChI is InChI=1S/C15H13BF3O3.K/c1-21-13-5-3-4-12(15(13)22-2)14(20)10-6-8-11(9-7-10)16(17,18)19;/h3-9H,1-2H3;/q-1;+1. The van der Waals surface area contributed by atoms with Gasteiger partial charge in [-0.1, -0.05) is 30.3 Å². The first-order valence-corrected chi connectivity index (χ1v) is 6.44.